The highest BCUT2D eigenvalue weighted by Gasteiger charge is 2.39. The number of hydrogen-bond acceptors (Lipinski definition) is 5. The summed E-state index contributed by atoms with van der Waals surface area (Å²) in [6.07, 6.45) is 5.00. The number of halogens is 1. The van der Waals surface area contributed by atoms with Gasteiger partial charge in [0, 0.05) is 42.8 Å². The zero-order valence-electron chi connectivity index (χ0n) is 15.8. The van der Waals surface area contributed by atoms with Crippen LogP contribution in [0.25, 0.3) is 0 Å². The van der Waals surface area contributed by atoms with Gasteiger partial charge in [0.05, 0.1) is 12.3 Å². The van der Waals surface area contributed by atoms with Crippen LogP contribution in [-0.2, 0) is 10.2 Å². The first-order valence-corrected chi connectivity index (χ1v) is 10.1. The molecule has 1 aromatic heterocycles. The standard InChI is InChI=1S/C21H27ClN4O/c1-27-15-16-7-13-26(14-16)20-24-10-6-19(25-20)21(8-11-23-12-9-21)17-4-2-3-5-18(17)22/h2-6,10,16,23H,7-9,11-15H2,1H3. The minimum Gasteiger partial charge on any atom is -0.384 e. The molecule has 0 radical (unpaired) electrons. The molecular formula is C21H27ClN4O. The summed E-state index contributed by atoms with van der Waals surface area (Å²) in [5.41, 5.74) is 2.10. The first-order chi connectivity index (χ1) is 13.2. The molecule has 2 aliphatic rings. The number of benzene rings is 1. The van der Waals surface area contributed by atoms with Crippen LogP contribution in [0.2, 0.25) is 5.02 Å². The van der Waals surface area contributed by atoms with E-state index >= 15 is 0 Å². The lowest BCUT2D eigenvalue weighted by molar-refractivity contribution is 0.161. The molecular weight excluding hydrogens is 360 g/mol. The second kappa shape index (κ2) is 8.13. The van der Waals surface area contributed by atoms with Gasteiger partial charge in [-0.3, -0.25) is 0 Å². The van der Waals surface area contributed by atoms with E-state index in [1.54, 1.807) is 7.11 Å². The molecule has 1 unspecified atom stereocenters. The van der Waals surface area contributed by atoms with Gasteiger partial charge >= 0.3 is 0 Å². The van der Waals surface area contributed by atoms with E-state index in [1.165, 1.54) is 5.56 Å². The van der Waals surface area contributed by atoms with Gasteiger partial charge in [-0.05, 0) is 50.0 Å². The van der Waals surface area contributed by atoms with E-state index in [-0.39, 0.29) is 5.41 Å². The summed E-state index contributed by atoms with van der Waals surface area (Å²) in [4.78, 5) is 11.9. The Bertz CT molecular complexity index is 778. The largest absolute Gasteiger partial charge is 0.384 e. The first-order valence-electron chi connectivity index (χ1n) is 9.76. The number of nitrogens with zero attached hydrogens (tertiary/aromatic N) is 3. The molecule has 4 rings (SSSR count). The number of anilines is 1. The minimum absolute atomic E-state index is 0.160. The summed E-state index contributed by atoms with van der Waals surface area (Å²) < 4.78 is 5.33. The summed E-state index contributed by atoms with van der Waals surface area (Å²) in [6.45, 7) is 4.66. The Morgan fingerprint density at radius 2 is 2.07 bits per heavy atom. The fourth-order valence-electron chi connectivity index (χ4n) is 4.52. The van der Waals surface area contributed by atoms with Crippen molar-refractivity contribution >= 4 is 17.5 Å². The third kappa shape index (κ3) is 3.68. The number of hydrogen-bond donors (Lipinski definition) is 1. The number of nitrogens with one attached hydrogen (secondary N) is 1. The molecule has 2 saturated heterocycles. The number of aromatic nitrogens is 2. The van der Waals surface area contributed by atoms with Gasteiger partial charge in [-0.25, -0.2) is 9.97 Å². The topological polar surface area (TPSA) is 50.3 Å². The van der Waals surface area contributed by atoms with E-state index in [0.29, 0.717) is 5.92 Å². The molecule has 0 aliphatic carbocycles. The van der Waals surface area contributed by atoms with Crippen LogP contribution in [0.5, 0.6) is 0 Å². The van der Waals surface area contributed by atoms with Crippen LogP contribution >= 0.6 is 11.6 Å². The van der Waals surface area contributed by atoms with Crippen LogP contribution in [0.3, 0.4) is 0 Å². The average molecular weight is 387 g/mol. The normalized spacial score (nSPS) is 22.1. The summed E-state index contributed by atoms with van der Waals surface area (Å²) >= 11 is 6.63. The van der Waals surface area contributed by atoms with Gasteiger partial charge in [0.25, 0.3) is 0 Å². The minimum atomic E-state index is -0.160. The van der Waals surface area contributed by atoms with Crippen LogP contribution in [0.1, 0.15) is 30.5 Å². The summed E-state index contributed by atoms with van der Waals surface area (Å²) in [6, 6.07) is 10.3. The monoisotopic (exact) mass is 386 g/mol. The van der Waals surface area contributed by atoms with Crippen molar-refractivity contribution < 1.29 is 4.74 Å². The second-order valence-electron chi connectivity index (χ2n) is 7.61. The molecule has 0 spiro atoms. The molecule has 2 aromatic rings. The Labute approximate surface area is 166 Å². The Balaban J connectivity index is 1.69. The highest BCUT2D eigenvalue weighted by atomic mass is 35.5. The summed E-state index contributed by atoms with van der Waals surface area (Å²) in [5.74, 6) is 1.38. The molecule has 5 nitrogen and oxygen atoms in total. The number of methoxy groups -OCH3 is 1. The quantitative estimate of drug-likeness (QED) is 0.854. The zero-order chi connectivity index (χ0) is 18.7. The van der Waals surface area contributed by atoms with Gasteiger partial charge in [-0.15, -0.1) is 0 Å². The molecule has 2 fully saturated rings. The van der Waals surface area contributed by atoms with Crippen molar-refractivity contribution in [1.82, 2.24) is 15.3 Å². The maximum absolute atomic E-state index is 6.63. The highest BCUT2D eigenvalue weighted by molar-refractivity contribution is 6.31. The maximum Gasteiger partial charge on any atom is 0.225 e. The molecule has 0 bridgehead atoms. The lowest BCUT2D eigenvalue weighted by atomic mass is 9.70. The van der Waals surface area contributed by atoms with Gasteiger partial charge in [0.1, 0.15) is 0 Å². The Morgan fingerprint density at radius 1 is 1.26 bits per heavy atom. The van der Waals surface area contributed by atoms with E-state index in [4.69, 9.17) is 21.3 Å². The average Bonchev–Trinajstić information content (AvgIpc) is 3.18. The number of piperidine rings is 1. The van der Waals surface area contributed by atoms with Gasteiger partial charge in [0.2, 0.25) is 5.95 Å². The molecule has 2 aliphatic heterocycles. The molecule has 1 atom stereocenters. The van der Waals surface area contributed by atoms with Gasteiger partial charge < -0.3 is 15.0 Å². The summed E-state index contributed by atoms with van der Waals surface area (Å²) in [7, 11) is 1.77. The predicted molar refractivity (Wildman–Crippen MR) is 109 cm³/mol. The molecule has 1 N–H and O–H groups in total. The Hall–Kier alpha value is -1.69. The van der Waals surface area contributed by atoms with Crippen molar-refractivity contribution in [3.05, 3.63) is 52.8 Å². The van der Waals surface area contributed by atoms with Crippen LogP contribution in [0, 0.1) is 5.92 Å². The van der Waals surface area contributed by atoms with Crippen LogP contribution in [0.4, 0.5) is 5.95 Å². The van der Waals surface area contributed by atoms with Gasteiger partial charge in [0.15, 0.2) is 0 Å². The maximum atomic E-state index is 6.63. The van der Waals surface area contributed by atoms with E-state index in [9.17, 15) is 0 Å². The van der Waals surface area contributed by atoms with Crippen LogP contribution in [-0.4, -0.2) is 49.9 Å². The molecule has 6 heteroatoms. The molecule has 27 heavy (non-hydrogen) atoms. The fraction of sp³-hybridized carbons (Fsp3) is 0.524. The van der Waals surface area contributed by atoms with E-state index in [1.807, 2.05) is 18.3 Å². The van der Waals surface area contributed by atoms with Crippen molar-refractivity contribution in [1.29, 1.82) is 0 Å². The molecule has 1 aromatic carbocycles. The lowest BCUT2D eigenvalue weighted by Crippen LogP contribution is -2.41. The predicted octanol–water partition coefficient (Wildman–Crippen LogP) is 3.27. The lowest BCUT2D eigenvalue weighted by Gasteiger charge is -2.38. The van der Waals surface area contributed by atoms with Crippen LogP contribution in [0.15, 0.2) is 36.5 Å². The van der Waals surface area contributed by atoms with Crippen molar-refractivity contribution in [3.8, 4) is 0 Å². The van der Waals surface area contributed by atoms with Crippen molar-refractivity contribution in [2.45, 2.75) is 24.7 Å². The summed E-state index contributed by atoms with van der Waals surface area (Å²) in [5, 5.41) is 4.30. The van der Waals surface area contributed by atoms with Crippen molar-refractivity contribution in [2.24, 2.45) is 5.92 Å². The van der Waals surface area contributed by atoms with E-state index < -0.39 is 0 Å². The van der Waals surface area contributed by atoms with Gasteiger partial charge in [-0.1, -0.05) is 29.8 Å². The third-order valence-corrected chi connectivity index (χ3v) is 6.28. The van der Waals surface area contributed by atoms with E-state index in [2.05, 4.69) is 33.4 Å². The smallest absolute Gasteiger partial charge is 0.225 e. The first kappa shape index (κ1) is 18.7. The zero-order valence-corrected chi connectivity index (χ0v) is 16.6. The molecule has 0 saturated carbocycles. The fourth-order valence-corrected chi connectivity index (χ4v) is 4.84. The SMILES string of the molecule is COCC1CCN(c2nccc(C3(c4ccccc4Cl)CCNCC3)n2)C1. The van der Waals surface area contributed by atoms with Crippen LogP contribution < -0.4 is 10.2 Å². The Kier molecular flexibility index (Phi) is 5.62. The van der Waals surface area contributed by atoms with Crippen molar-refractivity contribution in [2.75, 3.05) is 44.8 Å². The highest BCUT2D eigenvalue weighted by Crippen LogP contribution is 2.42. The van der Waals surface area contributed by atoms with E-state index in [0.717, 1.165) is 68.7 Å². The third-order valence-electron chi connectivity index (χ3n) is 5.95. The molecule has 3 heterocycles. The number of rotatable bonds is 5. The number of ether oxygens (including phenoxy) is 1. The second-order valence-corrected chi connectivity index (χ2v) is 8.02. The Morgan fingerprint density at radius 3 is 2.85 bits per heavy atom. The van der Waals surface area contributed by atoms with Gasteiger partial charge in [-0.2, -0.15) is 0 Å². The molecule has 0 amide bonds. The van der Waals surface area contributed by atoms with Crippen molar-refractivity contribution in [3.63, 3.8) is 0 Å². The molecule has 144 valence electrons.